The van der Waals surface area contributed by atoms with Crippen molar-refractivity contribution in [1.82, 2.24) is 4.98 Å². The molecule has 8 heteroatoms. The van der Waals surface area contributed by atoms with E-state index in [0.717, 1.165) is 0 Å². The quantitative estimate of drug-likeness (QED) is 0.555. The molecule has 6 nitrogen and oxygen atoms in total. The minimum absolute atomic E-state index is 0.537. The molecule has 0 aliphatic heterocycles. The monoisotopic (exact) mass is 206 g/mol. The van der Waals surface area contributed by atoms with Crippen molar-refractivity contribution in [3.8, 4) is 5.75 Å². The summed E-state index contributed by atoms with van der Waals surface area (Å²) < 4.78 is 24.2. The van der Waals surface area contributed by atoms with E-state index >= 15 is 0 Å². The molecule has 14 heavy (non-hydrogen) atoms. The van der Waals surface area contributed by atoms with E-state index in [9.17, 15) is 23.7 Å². The number of aromatic amines is 1. The second-order valence-corrected chi connectivity index (χ2v) is 2.33. The Labute approximate surface area is 75.0 Å². The zero-order valence-corrected chi connectivity index (χ0v) is 6.53. The van der Waals surface area contributed by atoms with E-state index in [1.165, 1.54) is 0 Å². The topological polar surface area (TPSA) is 96.2 Å². The van der Waals surface area contributed by atoms with Gasteiger partial charge in [-0.25, -0.2) is 8.78 Å². The van der Waals surface area contributed by atoms with Gasteiger partial charge in [-0.1, -0.05) is 0 Å². The predicted octanol–water partition coefficient (Wildman–Crippen LogP) is 0.926. The average molecular weight is 206 g/mol. The molecule has 1 aromatic heterocycles. The predicted molar refractivity (Wildman–Crippen MR) is 40.3 cm³/mol. The van der Waals surface area contributed by atoms with Crippen LogP contribution in [0.15, 0.2) is 11.0 Å². The van der Waals surface area contributed by atoms with Crippen molar-refractivity contribution >= 4 is 5.69 Å². The summed E-state index contributed by atoms with van der Waals surface area (Å²) in [6.07, 6.45) is -2.56. The van der Waals surface area contributed by atoms with Gasteiger partial charge in [0.15, 0.2) is 0 Å². The number of nitrogens with one attached hydrogen (secondary N) is 1. The molecular weight excluding hydrogens is 202 g/mol. The first-order chi connectivity index (χ1) is 6.45. The molecule has 0 aliphatic carbocycles. The highest BCUT2D eigenvalue weighted by atomic mass is 19.3. The molecule has 0 aromatic carbocycles. The number of rotatable bonds is 2. The summed E-state index contributed by atoms with van der Waals surface area (Å²) >= 11 is 0. The smallest absolute Gasteiger partial charge is 0.375 e. The number of nitrogens with zero attached hydrogens (tertiary/aromatic N) is 1. The maximum Gasteiger partial charge on any atom is 0.375 e. The van der Waals surface area contributed by atoms with Crippen molar-refractivity contribution in [3.63, 3.8) is 0 Å². The highest BCUT2D eigenvalue weighted by molar-refractivity contribution is 5.48. The van der Waals surface area contributed by atoms with Crippen LogP contribution in [-0.2, 0) is 0 Å². The van der Waals surface area contributed by atoms with Crippen LogP contribution in [-0.4, -0.2) is 15.0 Å². The normalized spacial score (nSPS) is 10.5. The molecule has 0 saturated heterocycles. The minimum atomic E-state index is -3.09. The molecule has 1 heterocycles. The molecule has 0 aliphatic rings. The summed E-state index contributed by atoms with van der Waals surface area (Å²) in [7, 11) is 0. The lowest BCUT2D eigenvalue weighted by atomic mass is 10.2. The standard InChI is InChI=1S/C6H4F2N2O4/c7-5(8)2-1-9-6(12)3(4(2)11)10(13)14/h1,5H,(H2,9,11,12). The van der Waals surface area contributed by atoms with Crippen molar-refractivity contribution in [3.05, 3.63) is 32.2 Å². The molecule has 0 atom stereocenters. The Morgan fingerprint density at radius 3 is 2.57 bits per heavy atom. The molecule has 1 rings (SSSR count). The van der Waals surface area contributed by atoms with Crippen LogP contribution in [0.1, 0.15) is 12.0 Å². The van der Waals surface area contributed by atoms with Gasteiger partial charge < -0.3 is 10.1 Å². The van der Waals surface area contributed by atoms with Gasteiger partial charge in [0.05, 0.1) is 10.5 Å². The van der Waals surface area contributed by atoms with Crippen LogP contribution in [0.5, 0.6) is 5.75 Å². The number of aromatic nitrogens is 1. The maximum atomic E-state index is 12.1. The largest absolute Gasteiger partial charge is 0.502 e. The summed E-state index contributed by atoms with van der Waals surface area (Å²) in [6, 6.07) is 0. The molecule has 1 aromatic rings. The van der Waals surface area contributed by atoms with E-state index in [4.69, 9.17) is 5.11 Å². The Morgan fingerprint density at radius 1 is 1.57 bits per heavy atom. The van der Waals surface area contributed by atoms with Crippen molar-refractivity contribution in [1.29, 1.82) is 0 Å². The number of aromatic hydroxyl groups is 1. The summed E-state index contributed by atoms with van der Waals surface area (Å²) in [5.74, 6) is -1.30. The Morgan fingerprint density at radius 2 is 2.14 bits per heavy atom. The fraction of sp³-hybridized carbons (Fsp3) is 0.167. The molecule has 0 saturated carbocycles. The van der Waals surface area contributed by atoms with Crippen LogP contribution < -0.4 is 5.56 Å². The number of halogens is 2. The highest BCUT2D eigenvalue weighted by Crippen LogP contribution is 2.31. The van der Waals surface area contributed by atoms with Crippen LogP contribution in [0.3, 0.4) is 0 Å². The lowest BCUT2D eigenvalue weighted by Crippen LogP contribution is -2.12. The van der Waals surface area contributed by atoms with Gasteiger partial charge in [-0.3, -0.25) is 14.9 Å². The number of H-pyrrole nitrogens is 1. The number of nitro groups is 1. The van der Waals surface area contributed by atoms with Gasteiger partial charge in [-0.15, -0.1) is 0 Å². The van der Waals surface area contributed by atoms with Gasteiger partial charge in [0.1, 0.15) is 0 Å². The summed E-state index contributed by atoms with van der Waals surface area (Å²) in [4.78, 5) is 21.5. The average Bonchev–Trinajstić information content (AvgIpc) is 2.02. The molecule has 0 amide bonds. The van der Waals surface area contributed by atoms with E-state index in [-0.39, 0.29) is 0 Å². The summed E-state index contributed by atoms with van der Waals surface area (Å²) in [5, 5.41) is 19.2. The fourth-order valence-electron chi connectivity index (χ4n) is 0.860. The second-order valence-electron chi connectivity index (χ2n) is 2.33. The first-order valence-corrected chi connectivity index (χ1v) is 3.32. The number of hydrogen-bond acceptors (Lipinski definition) is 4. The van der Waals surface area contributed by atoms with E-state index in [1.807, 2.05) is 0 Å². The lowest BCUT2D eigenvalue weighted by Gasteiger charge is -2.01. The third-order valence-corrected chi connectivity index (χ3v) is 1.49. The lowest BCUT2D eigenvalue weighted by molar-refractivity contribution is -0.387. The van der Waals surface area contributed by atoms with Gasteiger partial charge in [-0.2, -0.15) is 0 Å². The molecule has 0 fully saturated rings. The Kier molecular flexibility index (Phi) is 2.45. The van der Waals surface area contributed by atoms with Crippen LogP contribution in [0.4, 0.5) is 14.5 Å². The van der Waals surface area contributed by atoms with E-state index in [2.05, 4.69) is 0 Å². The Hall–Kier alpha value is -1.99. The van der Waals surface area contributed by atoms with E-state index < -0.39 is 33.9 Å². The van der Waals surface area contributed by atoms with Gasteiger partial charge in [-0.05, 0) is 0 Å². The van der Waals surface area contributed by atoms with Gasteiger partial charge in [0.25, 0.3) is 6.43 Å². The zero-order chi connectivity index (χ0) is 10.9. The molecular formula is C6H4F2N2O4. The molecule has 0 bridgehead atoms. The number of pyridine rings is 1. The van der Waals surface area contributed by atoms with Gasteiger partial charge >= 0.3 is 11.2 Å². The van der Waals surface area contributed by atoms with Crippen LogP contribution in [0, 0.1) is 10.1 Å². The highest BCUT2D eigenvalue weighted by Gasteiger charge is 2.26. The van der Waals surface area contributed by atoms with Gasteiger partial charge in [0.2, 0.25) is 5.75 Å². The Bertz CT molecular complexity index is 428. The Balaban J connectivity index is 3.49. The molecule has 2 N–H and O–H groups in total. The van der Waals surface area contributed by atoms with E-state index in [1.54, 1.807) is 4.98 Å². The van der Waals surface area contributed by atoms with Crippen molar-refractivity contribution < 1.29 is 18.8 Å². The third kappa shape index (κ3) is 1.53. The first kappa shape index (κ1) is 10.1. The molecule has 76 valence electrons. The molecule has 0 unspecified atom stereocenters. The maximum absolute atomic E-state index is 12.1. The minimum Gasteiger partial charge on any atom is -0.502 e. The van der Waals surface area contributed by atoms with Crippen LogP contribution >= 0.6 is 0 Å². The number of alkyl halides is 2. The second kappa shape index (κ2) is 3.40. The fourth-order valence-corrected chi connectivity index (χ4v) is 0.860. The SMILES string of the molecule is O=c1[nH]cc(C(F)F)c(O)c1[N+](=O)[O-]. The van der Waals surface area contributed by atoms with Gasteiger partial charge in [0, 0.05) is 6.20 Å². The molecule has 0 spiro atoms. The van der Waals surface area contributed by atoms with Crippen molar-refractivity contribution in [2.45, 2.75) is 6.43 Å². The van der Waals surface area contributed by atoms with Crippen LogP contribution in [0.25, 0.3) is 0 Å². The van der Waals surface area contributed by atoms with E-state index in [0.29, 0.717) is 6.20 Å². The third-order valence-electron chi connectivity index (χ3n) is 1.49. The van der Waals surface area contributed by atoms with Crippen molar-refractivity contribution in [2.75, 3.05) is 0 Å². The number of hydrogen-bond donors (Lipinski definition) is 2. The first-order valence-electron chi connectivity index (χ1n) is 3.32. The molecule has 0 radical (unpaired) electrons. The summed E-state index contributed by atoms with van der Waals surface area (Å²) in [6.45, 7) is 0. The summed E-state index contributed by atoms with van der Waals surface area (Å²) in [5.41, 5.74) is -3.48. The van der Waals surface area contributed by atoms with Crippen molar-refractivity contribution in [2.24, 2.45) is 0 Å². The zero-order valence-electron chi connectivity index (χ0n) is 6.53. The van der Waals surface area contributed by atoms with Crippen LogP contribution in [0.2, 0.25) is 0 Å².